The van der Waals surface area contributed by atoms with Crippen LogP contribution in [-0.2, 0) is 30.6 Å². The zero-order chi connectivity index (χ0) is 35.5. The number of thiophene rings is 1. The number of hydrogen-bond donors (Lipinski definition) is 4. The Bertz CT molecular complexity index is 1930. The topological polar surface area (TPSA) is 136 Å². The van der Waals surface area contributed by atoms with Crippen molar-refractivity contribution in [2.24, 2.45) is 5.92 Å². The van der Waals surface area contributed by atoms with E-state index in [0.717, 1.165) is 85.0 Å². The number of aryl methyl sites for hydroxylation is 1. The van der Waals surface area contributed by atoms with Crippen LogP contribution in [0.5, 0.6) is 0 Å². The van der Waals surface area contributed by atoms with Gasteiger partial charge in [-0.1, -0.05) is 36.4 Å². The molecule has 11 heteroatoms. The summed E-state index contributed by atoms with van der Waals surface area (Å²) in [6.07, 6.45) is 9.88. The molecule has 0 bridgehead atoms. The third kappa shape index (κ3) is 8.74. The van der Waals surface area contributed by atoms with Gasteiger partial charge in [0.05, 0.1) is 17.0 Å². The van der Waals surface area contributed by atoms with E-state index in [9.17, 15) is 24.3 Å². The second-order valence-corrected chi connectivity index (χ2v) is 15.3. The molecule has 3 aliphatic carbocycles. The molecule has 0 saturated heterocycles. The van der Waals surface area contributed by atoms with Gasteiger partial charge < -0.3 is 20.8 Å². The van der Waals surface area contributed by atoms with Gasteiger partial charge in [-0.2, -0.15) is 0 Å². The molecule has 272 valence electrons. The number of nitrogens with one attached hydrogen (secondary N) is 2. The van der Waals surface area contributed by atoms with Gasteiger partial charge in [-0.25, -0.2) is 4.79 Å². The van der Waals surface area contributed by atoms with E-state index >= 15 is 0 Å². The Labute approximate surface area is 313 Å². The number of halogens is 1. The standard InChI is InChI=1S/C41H43N3O6S.ClH/c45-37(30-5-3-4-27(23-30)24-44(33-20-21-33)32-18-14-29(15-19-32)41(49)50)43-39-36(34-6-1-2-7-35(34)51-39)38(46)42-31-16-10-26(11-17-31)22-25-8-12-28(13-9-25)40(47)48;/h3-5,8-13,16-17,23,29,32-33H,1-2,6-7,14-15,18-22,24H2,(H,42,46)(H,43,45)(H,47,48)(H,49,50);1H. The molecule has 0 spiro atoms. The fraction of sp³-hybridized carbons (Fsp3) is 0.366. The second kappa shape index (κ2) is 16.4. The maximum atomic E-state index is 13.9. The Morgan fingerprint density at radius 3 is 1.98 bits per heavy atom. The highest BCUT2D eigenvalue weighted by Gasteiger charge is 2.37. The molecule has 4 aromatic rings. The van der Waals surface area contributed by atoms with Crippen molar-refractivity contribution >= 4 is 58.2 Å². The molecule has 2 fully saturated rings. The van der Waals surface area contributed by atoms with Crippen LogP contribution in [0.15, 0.2) is 72.8 Å². The first-order valence-corrected chi connectivity index (χ1v) is 18.8. The van der Waals surface area contributed by atoms with Crippen molar-refractivity contribution in [1.29, 1.82) is 0 Å². The first kappa shape index (κ1) is 37.3. The number of aromatic carboxylic acids is 1. The van der Waals surface area contributed by atoms with Crippen molar-refractivity contribution in [2.45, 2.75) is 89.3 Å². The number of nitrogens with zero attached hydrogens (tertiary/aromatic N) is 1. The van der Waals surface area contributed by atoms with Crippen molar-refractivity contribution in [3.63, 3.8) is 0 Å². The number of carbonyl (C=O) groups is 4. The molecule has 0 radical (unpaired) electrons. The van der Waals surface area contributed by atoms with Crippen LogP contribution in [0, 0.1) is 5.92 Å². The molecule has 1 heterocycles. The lowest BCUT2D eigenvalue weighted by Crippen LogP contribution is -2.40. The molecule has 2 amide bonds. The minimum Gasteiger partial charge on any atom is -0.481 e. The Morgan fingerprint density at radius 2 is 1.35 bits per heavy atom. The smallest absolute Gasteiger partial charge is 0.335 e. The predicted molar refractivity (Wildman–Crippen MR) is 205 cm³/mol. The SMILES string of the molecule is Cl.O=C(O)c1ccc(Cc2ccc(NC(=O)c3c(NC(=O)c4cccc(CN(C5CCC(C(=O)O)CC5)C5CC5)c4)sc4c3CCCC4)cc2)cc1. The molecule has 0 unspecified atom stereocenters. The summed E-state index contributed by atoms with van der Waals surface area (Å²) in [6, 6.07) is 23.1. The van der Waals surface area contributed by atoms with E-state index in [-0.39, 0.29) is 35.7 Å². The van der Waals surface area contributed by atoms with Crippen molar-refractivity contribution in [1.82, 2.24) is 4.90 Å². The van der Waals surface area contributed by atoms with Gasteiger partial charge >= 0.3 is 11.9 Å². The van der Waals surface area contributed by atoms with Gasteiger partial charge in [-0.05, 0) is 129 Å². The lowest BCUT2D eigenvalue weighted by atomic mass is 9.85. The molecule has 4 N–H and O–H groups in total. The zero-order valence-corrected chi connectivity index (χ0v) is 30.6. The molecule has 1 aromatic heterocycles. The maximum absolute atomic E-state index is 13.9. The lowest BCUT2D eigenvalue weighted by molar-refractivity contribution is -0.143. The number of carboxylic acid groups (broad SMARTS) is 2. The van der Waals surface area contributed by atoms with E-state index in [1.807, 2.05) is 54.6 Å². The minimum absolute atomic E-state index is 0. The van der Waals surface area contributed by atoms with Gasteiger partial charge in [-0.3, -0.25) is 19.3 Å². The molecule has 3 aliphatic rings. The van der Waals surface area contributed by atoms with Crippen LogP contribution in [-0.4, -0.2) is 50.9 Å². The summed E-state index contributed by atoms with van der Waals surface area (Å²) in [5, 5.41) is 25.3. The first-order chi connectivity index (χ1) is 24.7. The Morgan fingerprint density at radius 1 is 0.712 bits per heavy atom. The summed E-state index contributed by atoms with van der Waals surface area (Å²) in [5.74, 6) is -2.37. The van der Waals surface area contributed by atoms with Gasteiger partial charge in [0.1, 0.15) is 5.00 Å². The fourth-order valence-corrected chi connectivity index (χ4v) is 8.89. The number of carbonyl (C=O) groups excluding carboxylic acids is 2. The van der Waals surface area contributed by atoms with Crippen molar-refractivity contribution in [2.75, 3.05) is 10.6 Å². The Kier molecular flexibility index (Phi) is 11.8. The first-order valence-electron chi connectivity index (χ1n) is 18.0. The summed E-state index contributed by atoms with van der Waals surface area (Å²) in [6.45, 7) is 0.727. The van der Waals surface area contributed by atoms with Crippen LogP contribution in [0.1, 0.15) is 110 Å². The number of fused-ring (bicyclic) bond motifs is 1. The van der Waals surface area contributed by atoms with Gasteiger partial charge in [0.15, 0.2) is 0 Å². The number of benzene rings is 3. The number of aliphatic carboxylic acids is 1. The highest BCUT2D eigenvalue weighted by atomic mass is 35.5. The minimum atomic E-state index is -0.952. The van der Waals surface area contributed by atoms with Crippen LogP contribution in [0.2, 0.25) is 0 Å². The normalized spacial score (nSPS) is 18.2. The Hall–Kier alpha value is -4.51. The largest absolute Gasteiger partial charge is 0.481 e. The van der Waals surface area contributed by atoms with Crippen molar-refractivity contribution in [3.05, 3.63) is 117 Å². The third-order valence-corrected chi connectivity index (χ3v) is 11.7. The molecule has 9 nitrogen and oxygen atoms in total. The molecule has 0 atom stereocenters. The zero-order valence-electron chi connectivity index (χ0n) is 28.9. The second-order valence-electron chi connectivity index (χ2n) is 14.1. The average molecular weight is 742 g/mol. The molecule has 7 rings (SSSR count). The summed E-state index contributed by atoms with van der Waals surface area (Å²) < 4.78 is 0. The number of amides is 2. The van der Waals surface area contributed by atoms with Crippen molar-refractivity contribution < 1.29 is 29.4 Å². The maximum Gasteiger partial charge on any atom is 0.335 e. The number of rotatable bonds is 12. The highest BCUT2D eigenvalue weighted by molar-refractivity contribution is 7.17. The monoisotopic (exact) mass is 741 g/mol. The summed E-state index contributed by atoms with van der Waals surface area (Å²) >= 11 is 1.50. The van der Waals surface area contributed by atoms with Crippen LogP contribution < -0.4 is 10.6 Å². The molecule has 0 aliphatic heterocycles. The number of hydrogen-bond acceptors (Lipinski definition) is 6. The lowest BCUT2D eigenvalue weighted by Gasteiger charge is -2.36. The number of anilines is 2. The van der Waals surface area contributed by atoms with Gasteiger partial charge in [0.2, 0.25) is 0 Å². The van der Waals surface area contributed by atoms with E-state index in [1.165, 1.54) is 11.3 Å². The summed E-state index contributed by atoms with van der Waals surface area (Å²) in [7, 11) is 0. The van der Waals surface area contributed by atoms with E-state index in [1.54, 1.807) is 12.1 Å². The van der Waals surface area contributed by atoms with Gasteiger partial charge in [-0.15, -0.1) is 23.7 Å². The van der Waals surface area contributed by atoms with Gasteiger partial charge in [0, 0.05) is 34.8 Å². The van der Waals surface area contributed by atoms with E-state index in [2.05, 4.69) is 21.6 Å². The molecule has 2 saturated carbocycles. The molecular formula is C41H44ClN3O6S. The summed E-state index contributed by atoms with van der Waals surface area (Å²) in [5.41, 5.74) is 6.09. The van der Waals surface area contributed by atoms with E-state index < -0.39 is 11.9 Å². The Balaban J connectivity index is 0.00000464. The molecule has 52 heavy (non-hydrogen) atoms. The highest BCUT2D eigenvalue weighted by Crippen LogP contribution is 2.39. The van der Waals surface area contributed by atoms with Crippen LogP contribution in [0.25, 0.3) is 0 Å². The fourth-order valence-electron chi connectivity index (χ4n) is 7.61. The van der Waals surface area contributed by atoms with Crippen LogP contribution >= 0.6 is 23.7 Å². The summed E-state index contributed by atoms with van der Waals surface area (Å²) in [4.78, 5) is 53.9. The van der Waals surface area contributed by atoms with Gasteiger partial charge in [0.25, 0.3) is 11.8 Å². The van der Waals surface area contributed by atoms with Crippen LogP contribution in [0.4, 0.5) is 10.7 Å². The van der Waals surface area contributed by atoms with E-state index in [4.69, 9.17) is 5.11 Å². The molecular weight excluding hydrogens is 698 g/mol. The number of carboxylic acids is 2. The third-order valence-electron chi connectivity index (χ3n) is 10.5. The predicted octanol–water partition coefficient (Wildman–Crippen LogP) is 8.45. The average Bonchev–Trinajstić information content (AvgIpc) is 3.92. The van der Waals surface area contributed by atoms with E-state index in [0.29, 0.717) is 53.2 Å². The van der Waals surface area contributed by atoms with Crippen LogP contribution in [0.3, 0.4) is 0 Å². The van der Waals surface area contributed by atoms with Crippen molar-refractivity contribution in [3.8, 4) is 0 Å². The quantitative estimate of drug-likeness (QED) is 0.114. The molecule has 3 aromatic carbocycles.